The van der Waals surface area contributed by atoms with Crippen LogP contribution in [0.2, 0.25) is 0 Å². The molecule has 0 unspecified atom stereocenters. The average Bonchev–Trinajstić information content (AvgIpc) is 2.31. The predicted molar refractivity (Wildman–Crippen MR) is 58.8 cm³/mol. The normalized spacial score (nSPS) is 11.6. The Hall–Kier alpha value is -1.98. The Morgan fingerprint density at radius 2 is 1.89 bits per heavy atom. The van der Waals surface area contributed by atoms with Gasteiger partial charge >= 0.3 is 6.18 Å². The number of aromatic nitrogens is 3. The third-order valence-corrected chi connectivity index (χ3v) is 2.45. The summed E-state index contributed by atoms with van der Waals surface area (Å²) in [5.74, 6) is 0. The molecule has 0 bridgehead atoms. The minimum atomic E-state index is -4.38. The van der Waals surface area contributed by atoms with Crippen LogP contribution >= 0.6 is 0 Å². The van der Waals surface area contributed by atoms with E-state index in [9.17, 15) is 13.2 Å². The van der Waals surface area contributed by atoms with Crippen LogP contribution in [0.5, 0.6) is 0 Å². The van der Waals surface area contributed by atoms with Crippen LogP contribution in [0.3, 0.4) is 0 Å². The van der Waals surface area contributed by atoms with Crippen LogP contribution in [-0.2, 0) is 12.6 Å². The van der Waals surface area contributed by atoms with Gasteiger partial charge in [0.1, 0.15) is 0 Å². The van der Waals surface area contributed by atoms with Crippen molar-refractivity contribution in [2.45, 2.75) is 19.5 Å². The SMILES string of the molecule is Cc1ncc(Cc2cnccn2)cc1C(F)(F)F. The lowest BCUT2D eigenvalue weighted by atomic mass is 10.1. The van der Waals surface area contributed by atoms with Gasteiger partial charge in [-0.3, -0.25) is 15.0 Å². The Kier molecular flexibility index (Phi) is 3.27. The van der Waals surface area contributed by atoms with Crippen LogP contribution in [0.1, 0.15) is 22.5 Å². The second-order valence-electron chi connectivity index (χ2n) is 3.85. The lowest BCUT2D eigenvalue weighted by Gasteiger charge is -2.11. The van der Waals surface area contributed by atoms with Gasteiger partial charge in [0.15, 0.2) is 0 Å². The predicted octanol–water partition coefficient (Wildman–Crippen LogP) is 2.79. The van der Waals surface area contributed by atoms with Gasteiger partial charge in [-0.1, -0.05) is 0 Å². The third kappa shape index (κ3) is 2.82. The highest BCUT2D eigenvalue weighted by molar-refractivity contribution is 5.29. The molecule has 2 aromatic heterocycles. The number of alkyl halides is 3. The standard InChI is InChI=1S/C12H10F3N3/c1-8-11(12(13,14)15)5-9(6-18-8)4-10-7-16-2-3-17-10/h2-3,5-7H,4H2,1H3. The van der Waals surface area contributed by atoms with Crippen molar-refractivity contribution in [1.29, 1.82) is 0 Å². The second kappa shape index (κ2) is 4.72. The minimum Gasteiger partial charge on any atom is -0.261 e. The van der Waals surface area contributed by atoms with Gasteiger partial charge in [-0.25, -0.2) is 0 Å². The Bertz CT molecular complexity index is 538. The molecule has 0 aliphatic heterocycles. The lowest BCUT2D eigenvalue weighted by Crippen LogP contribution is -2.10. The molecule has 0 aliphatic carbocycles. The van der Waals surface area contributed by atoms with Crippen molar-refractivity contribution < 1.29 is 13.2 Å². The van der Waals surface area contributed by atoms with Gasteiger partial charge in [-0.15, -0.1) is 0 Å². The Morgan fingerprint density at radius 1 is 1.11 bits per heavy atom. The Morgan fingerprint density at radius 3 is 2.50 bits per heavy atom. The van der Waals surface area contributed by atoms with Crippen LogP contribution in [0, 0.1) is 6.92 Å². The van der Waals surface area contributed by atoms with Crippen LogP contribution in [-0.4, -0.2) is 15.0 Å². The molecule has 2 heterocycles. The van der Waals surface area contributed by atoms with Crippen LogP contribution in [0.4, 0.5) is 13.2 Å². The summed E-state index contributed by atoms with van der Waals surface area (Å²) < 4.78 is 38.1. The highest BCUT2D eigenvalue weighted by atomic mass is 19.4. The molecule has 0 N–H and O–H groups in total. The summed E-state index contributed by atoms with van der Waals surface area (Å²) in [4.78, 5) is 11.7. The first-order chi connectivity index (χ1) is 8.47. The van der Waals surface area contributed by atoms with Crippen molar-refractivity contribution in [3.63, 3.8) is 0 Å². The van der Waals surface area contributed by atoms with E-state index in [1.54, 1.807) is 0 Å². The number of hydrogen-bond acceptors (Lipinski definition) is 3. The van der Waals surface area contributed by atoms with Gasteiger partial charge in [0.25, 0.3) is 0 Å². The molecule has 3 nitrogen and oxygen atoms in total. The fraction of sp³-hybridized carbons (Fsp3) is 0.250. The first-order valence-corrected chi connectivity index (χ1v) is 5.24. The quantitative estimate of drug-likeness (QED) is 0.826. The second-order valence-corrected chi connectivity index (χ2v) is 3.85. The number of rotatable bonds is 2. The third-order valence-electron chi connectivity index (χ3n) is 2.45. The first kappa shape index (κ1) is 12.5. The zero-order chi connectivity index (χ0) is 13.2. The lowest BCUT2D eigenvalue weighted by molar-refractivity contribution is -0.138. The van der Waals surface area contributed by atoms with Gasteiger partial charge in [0, 0.05) is 36.9 Å². The molecule has 0 aromatic carbocycles. The van der Waals surface area contributed by atoms with E-state index in [1.807, 2.05) is 0 Å². The minimum absolute atomic E-state index is 0.0228. The summed E-state index contributed by atoms with van der Waals surface area (Å²) in [6, 6.07) is 1.11. The van der Waals surface area contributed by atoms with Crippen molar-refractivity contribution in [3.05, 3.63) is 53.4 Å². The van der Waals surface area contributed by atoms with Crippen molar-refractivity contribution in [3.8, 4) is 0 Å². The van der Waals surface area contributed by atoms with Crippen molar-refractivity contribution in [2.75, 3.05) is 0 Å². The number of pyridine rings is 1. The molecule has 0 atom stereocenters. The van der Waals surface area contributed by atoms with E-state index >= 15 is 0 Å². The van der Waals surface area contributed by atoms with E-state index in [0.717, 1.165) is 6.07 Å². The van der Waals surface area contributed by atoms with E-state index in [0.29, 0.717) is 11.3 Å². The zero-order valence-electron chi connectivity index (χ0n) is 9.57. The number of aryl methyl sites for hydroxylation is 1. The summed E-state index contributed by atoms with van der Waals surface area (Å²) in [6.45, 7) is 1.34. The van der Waals surface area contributed by atoms with Crippen molar-refractivity contribution >= 4 is 0 Å². The summed E-state index contributed by atoms with van der Waals surface area (Å²) in [5, 5.41) is 0. The smallest absolute Gasteiger partial charge is 0.261 e. The molecular formula is C12H10F3N3. The Balaban J connectivity index is 2.31. The number of nitrogens with zero attached hydrogens (tertiary/aromatic N) is 3. The molecule has 0 saturated heterocycles. The maximum Gasteiger partial charge on any atom is 0.418 e. The van der Waals surface area contributed by atoms with Crippen molar-refractivity contribution in [1.82, 2.24) is 15.0 Å². The highest BCUT2D eigenvalue weighted by Crippen LogP contribution is 2.31. The molecule has 0 saturated carbocycles. The van der Waals surface area contributed by atoms with E-state index in [4.69, 9.17) is 0 Å². The van der Waals surface area contributed by atoms with E-state index in [1.165, 1.54) is 31.7 Å². The molecule has 0 spiro atoms. The maximum atomic E-state index is 12.7. The molecule has 0 aliphatic rings. The summed E-state index contributed by atoms with van der Waals surface area (Å²) in [6.07, 6.45) is 1.87. The summed E-state index contributed by atoms with van der Waals surface area (Å²) >= 11 is 0. The van der Waals surface area contributed by atoms with Gasteiger partial charge in [0.05, 0.1) is 11.3 Å². The van der Waals surface area contributed by atoms with Gasteiger partial charge in [-0.05, 0) is 18.6 Å². The highest BCUT2D eigenvalue weighted by Gasteiger charge is 2.33. The first-order valence-electron chi connectivity index (χ1n) is 5.24. The van der Waals surface area contributed by atoms with Crippen LogP contribution < -0.4 is 0 Å². The molecule has 0 radical (unpaired) electrons. The molecule has 94 valence electrons. The largest absolute Gasteiger partial charge is 0.418 e. The topological polar surface area (TPSA) is 38.7 Å². The molecule has 18 heavy (non-hydrogen) atoms. The number of hydrogen-bond donors (Lipinski definition) is 0. The fourth-order valence-electron chi connectivity index (χ4n) is 1.59. The fourth-order valence-corrected chi connectivity index (χ4v) is 1.59. The van der Waals surface area contributed by atoms with Crippen molar-refractivity contribution in [2.24, 2.45) is 0 Å². The van der Waals surface area contributed by atoms with Crippen LogP contribution in [0.25, 0.3) is 0 Å². The van der Waals surface area contributed by atoms with E-state index in [2.05, 4.69) is 15.0 Å². The molecule has 0 amide bonds. The Labute approximate surface area is 102 Å². The molecule has 2 aromatic rings. The summed E-state index contributed by atoms with van der Waals surface area (Å²) in [7, 11) is 0. The van der Waals surface area contributed by atoms with Gasteiger partial charge in [0.2, 0.25) is 0 Å². The zero-order valence-corrected chi connectivity index (χ0v) is 9.57. The maximum absolute atomic E-state index is 12.7. The molecule has 6 heteroatoms. The monoisotopic (exact) mass is 253 g/mol. The molecule has 0 fully saturated rings. The average molecular weight is 253 g/mol. The van der Waals surface area contributed by atoms with Gasteiger partial charge in [-0.2, -0.15) is 13.2 Å². The van der Waals surface area contributed by atoms with Crippen LogP contribution in [0.15, 0.2) is 30.9 Å². The van der Waals surface area contributed by atoms with E-state index < -0.39 is 11.7 Å². The number of halogens is 3. The van der Waals surface area contributed by atoms with E-state index in [-0.39, 0.29) is 12.1 Å². The molecule has 2 rings (SSSR count). The summed E-state index contributed by atoms with van der Waals surface area (Å²) in [5.41, 5.74) is 0.346. The molecular weight excluding hydrogens is 243 g/mol. The van der Waals surface area contributed by atoms with Gasteiger partial charge < -0.3 is 0 Å².